The summed E-state index contributed by atoms with van der Waals surface area (Å²) in [7, 11) is -3.76. The second kappa shape index (κ2) is 10.9. The van der Waals surface area contributed by atoms with Crippen LogP contribution in [0.15, 0.2) is 23.1 Å². The van der Waals surface area contributed by atoms with Crippen molar-refractivity contribution in [1.82, 2.24) is 14.5 Å². The number of sulfonamides is 1. The van der Waals surface area contributed by atoms with Crippen LogP contribution in [0.1, 0.15) is 37.0 Å². The number of benzene rings is 1. The van der Waals surface area contributed by atoms with Crippen LogP contribution in [0.3, 0.4) is 0 Å². The van der Waals surface area contributed by atoms with Gasteiger partial charge in [0.2, 0.25) is 15.9 Å². The lowest BCUT2D eigenvalue weighted by Gasteiger charge is -2.26. The van der Waals surface area contributed by atoms with Gasteiger partial charge in [-0.25, -0.2) is 8.42 Å². The summed E-state index contributed by atoms with van der Waals surface area (Å²) in [4.78, 5) is 26.5. The molecule has 0 saturated carbocycles. The number of hydrogen-bond donors (Lipinski definition) is 1. The van der Waals surface area contributed by atoms with Gasteiger partial charge < -0.3 is 15.0 Å². The quantitative estimate of drug-likeness (QED) is 0.624. The first-order chi connectivity index (χ1) is 13.8. The average molecular weight is 446 g/mol. The topological polar surface area (TPSA) is 96.0 Å². The van der Waals surface area contributed by atoms with E-state index < -0.39 is 15.9 Å². The number of carbonyl (C=O) groups excluding carboxylic acids is 2. The first kappa shape index (κ1) is 23.6. The number of ether oxygens (including phenoxy) is 1. The van der Waals surface area contributed by atoms with Crippen molar-refractivity contribution < 1.29 is 22.7 Å². The third kappa shape index (κ3) is 6.15. The second-order valence-corrected chi connectivity index (χ2v) is 9.08. The predicted molar refractivity (Wildman–Crippen MR) is 111 cm³/mol. The molecule has 1 aliphatic heterocycles. The normalized spacial score (nSPS) is 15.1. The van der Waals surface area contributed by atoms with E-state index in [0.29, 0.717) is 32.7 Å². The van der Waals surface area contributed by atoms with Crippen molar-refractivity contribution >= 4 is 33.4 Å². The Morgan fingerprint density at radius 1 is 1.21 bits per heavy atom. The molecule has 8 nitrogen and oxygen atoms in total. The SMILES string of the molecule is CCCNC(=O)CN(CCC)C(=O)c1cc(S(=O)(=O)N2CCOCC2)ccc1Cl. The Balaban J connectivity index is 2.28. The van der Waals surface area contributed by atoms with Crippen LogP contribution < -0.4 is 5.32 Å². The average Bonchev–Trinajstić information content (AvgIpc) is 2.72. The minimum absolute atomic E-state index is 0.000895. The van der Waals surface area contributed by atoms with Gasteiger partial charge in [0, 0.05) is 26.2 Å². The Morgan fingerprint density at radius 3 is 2.52 bits per heavy atom. The van der Waals surface area contributed by atoms with Gasteiger partial charge in [0.1, 0.15) is 0 Å². The van der Waals surface area contributed by atoms with Crippen LogP contribution in [-0.4, -0.2) is 75.4 Å². The predicted octanol–water partition coefficient (Wildman–Crippen LogP) is 1.74. The Labute approximate surface area is 177 Å². The maximum Gasteiger partial charge on any atom is 0.255 e. The van der Waals surface area contributed by atoms with Crippen molar-refractivity contribution in [2.45, 2.75) is 31.6 Å². The Morgan fingerprint density at radius 2 is 1.90 bits per heavy atom. The van der Waals surface area contributed by atoms with Gasteiger partial charge in [-0.3, -0.25) is 9.59 Å². The largest absolute Gasteiger partial charge is 0.379 e. The summed E-state index contributed by atoms with van der Waals surface area (Å²) >= 11 is 6.21. The first-order valence-corrected chi connectivity index (χ1v) is 11.6. The number of hydrogen-bond acceptors (Lipinski definition) is 5. The lowest BCUT2D eigenvalue weighted by Crippen LogP contribution is -2.42. The summed E-state index contributed by atoms with van der Waals surface area (Å²) in [6.07, 6.45) is 1.44. The smallest absolute Gasteiger partial charge is 0.255 e. The van der Waals surface area contributed by atoms with E-state index in [1.165, 1.54) is 27.4 Å². The molecule has 162 valence electrons. The lowest BCUT2D eigenvalue weighted by molar-refractivity contribution is -0.121. The fourth-order valence-electron chi connectivity index (χ4n) is 2.95. The third-order valence-electron chi connectivity index (χ3n) is 4.46. The van der Waals surface area contributed by atoms with E-state index in [4.69, 9.17) is 16.3 Å². The molecule has 1 fully saturated rings. The zero-order chi connectivity index (χ0) is 21.4. The molecule has 1 aromatic carbocycles. The van der Waals surface area contributed by atoms with Gasteiger partial charge >= 0.3 is 0 Å². The highest BCUT2D eigenvalue weighted by atomic mass is 35.5. The van der Waals surface area contributed by atoms with Gasteiger partial charge in [0.05, 0.1) is 35.2 Å². The number of halogens is 1. The number of nitrogens with zero attached hydrogens (tertiary/aromatic N) is 2. The van der Waals surface area contributed by atoms with Gasteiger partial charge in [-0.05, 0) is 31.0 Å². The standard InChI is InChI=1S/C19H28ClN3O5S/c1-3-7-21-18(24)14-22(8-4-2)19(25)16-13-15(5-6-17(16)20)29(26,27)23-9-11-28-12-10-23/h5-6,13H,3-4,7-12,14H2,1-2H3,(H,21,24). The molecular formula is C19H28ClN3O5S. The number of amides is 2. The van der Waals surface area contributed by atoms with Gasteiger partial charge in [0.25, 0.3) is 5.91 Å². The van der Waals surface area contributed by atoms with Crippen LogP contribution in [0.2, 0.25) is 5.02 Å². The molecule has 2 rings (SSSR count). The van der Waals surface area contributed by atoms with Crippen LogP contribution in [0.5, 0.6) is 0 Å². The summed E-state index contributed by atoms with van der Waals surface area (Å²) in [5.41, 5.74) is 0.0674. The van der Waals surface area contributed by atoms with Crippen molar-refractivity contribution in [2.75, 3.05) is 45.9 Å². The highest BCUT2D eigenvalue weighted by Gasteiger charge is 2.28. The van der Waals surface area contributed by atoms with Crippen molar-refractivity contribution in [2.24, 2.45) is 0 Å². The molecule has 1 aliphatic rings. The van der Waals surface area contributed by atoms with E-state index >= 15 is 0 Å². The van der Waals surface area contributed by atoms with E-state index in [0.717, 1.165) is 6.42 Å². The van der Waals surface area contributed by atoms with Crippen molar-refractivity contribution in [3.63, 3.8) is 0 Å². The molecule has 1 aromatic rings. The number of nitrogens with one attached hydrogen (secondary N) is 1. The molecular weight excluding hydrogens is 418 g/mol. The summed E-state index contributed by atoms with van der Waals surface area (Å²) in [5, 5.41) is 2.89. The molecule has 0 atom stereocenters. The Bertz CT molecular complexity index is 825. The molecule has 0 spiro atoms. The number of carbonyl (C=O) groups is 2. The fourth-order valence-corrected chi connectivity index (χ4v) is 4.58. The molecule has 2 amide bonds. The van der Waals surface area contributed by atoms with Crippen LogP contribution in [0, 0.1) is 0 Å². The molecule has 29 heavy (non-hydrogen) atoms. The molecule has 0 bridgehead atoms. The van der Waals surface area contributed by atoms with Crippen LogP contribution in [-0.2, 0) is 19.6 Å². The molecule has 0 unspecified atom stereocenters. The monoisotopic (exact) mass is 445 g/mol. The van der Waals surface area contributed by atoms with Gasteiger partial charge in [0.15, 0.2) is 0 Å². The number of rotatable bonds is 9. The molecule has 0 radical (unpaired) electrons. The van der Waals surface area contributed by atoms with E-state index in [-0.39, 0.29) is 41.0 Å². The van der Waals surface area contributed by atoms with Gasteiger partial charge in [-0.15, -0.1) is 0 Å². The Hall–Kier alpha value is -1.68. The van der Waals surface area contributed by atoms with Crippen LogP contribution in [0.4, 0.5) is 0 Å². The lowest BCUT2D eigenvalue weighted by atomic mass is 10.2. The van der Waals surface area contributed by atoms with Crippen molar-refractivity contribution in [3.8, 4) is 0 Å². The van der Waals surface area contributed by atoms with E-state index in [2.05, 4.69) is 5.32 Å². The molecule has 1 saturated heterocycles. The molecule has 0 aromatic heterocycles. The van der Waals surface area contributed by atoms with Gasteiger partial charge in [-0.2, -0.15) is 4.31 Å². The van der Waals surface area contributed by atoms with E-state index in [9.17, 15) is 18.0 Å². The fraction of sp³-hybridized carbons (Fsp3) is 0.579. The highest BCUT2D eigenvalue weighted by molar-refractivity contribution is 7.89. The third-order valence-corrected chi connectivity index (χ3v) is 6.69. The second-order valence-electron chi connectivity index (χ2n) is 6.73. The van der Waals surface area contributed by atoms with Crippen molar-refractivity contribution in [1.29, 1.82) is 0 Å². The summed E-state index contributed by atoms with van der Waals surface area (Å²) in [6, 6.07) is 4.09. The highest BCUT2D eigenvalue weighted by Crippen LogP contribution is 2.25. The maximum atomic E-state index is 13.1. The molecule has 1 heterocycles. The van der Waals surface area contributed by atoms with E-state index in [1.807, 2.05) is 13.8 Å². The van der Waals surface area contributed by atoms with Gasteiger partial charge in [-0.1, -0.05) is 25.4 Å². The van der Waals surface area contributed by atoms with Crippen LogP contribution >= 0.6 is 11.6 Å². The zero-order valence-corrected chi connectivity index (χ0v) is 18.4. The molecule has 0 aliphatic carbocycles. The number of morpholine rings is 1. The summed E-state index contributed by atoms with van der Waals surface area (Å²) in [6.45, 7) is 5.79. The maximum absolute atomic E-state index is 13.1. The Kier molecular flexibility index (Phi) is 8.88. The first-order valence-electron chi connectivity index (χ1n) is 9.74. The molecule has 1 N–H and O–H groups in total. The minimum Gasteiger partial charge on any atom is -0.379 e. The van der Waals surface area contributed by atoms with Crippen LogP contribution in [0.25, 0.3) is 0 Å². The zero-order valence-electron chi connectivity index (χ0n) is 16.8. The summed E-state index contributed by atoms with van der Waals surface area (Å²) in [5.74, 6) is -0.732. The van der Waals surface area contributed by atoms with E-state index in [1.54, 1.807) is 0 Å². The minimum atomic E-state index is -3.76. The van der Waals surface area contributed by atoms with Crippen molar-refractivity contribution in [3.05, 3.63) is 28.8 Å². The molecule has 10 heteroatoms. The summed E-state index contributed by atoms with van der Waals surface area (Å²) < 4.78 is 32.3.